The van der Waals surface area contributed by atoms with Crippen LogP contribution in [0.3, 0.4) is 0 Å². The van der Waals surface area contributed by atoms with E-state index in [2.05, 4.69) is 10.1 Å². The molecular weight excluding hydrogens is 312 g/mol. The number of hydrogen-bond acceptors (Lipinski definition) is 5. The number of nitrogens with zero attached hydrogens (tertiary/aromatic N) is 4. The summed E-state index contributed by atoms with van der Waals surface area (Å²) in [6.45, 7) is 0.748. The zero-order chi connectivity index (χ0) is 15.8. The van der Waals surface area contributed by atoms with E-state index < -0.39 is 0 Å². The van der Waals surface area contributed by atoms with Gasteiger partial charge in [0, 0.05) is 18.5 Å². The van der Waals surface area contributed by atoms with Gasteiger partial charge in [-0.1, -0.05) is 23.5 Å². The van der Waals surface area contributed by atoms with Crippen molar-refractivity contribution in [3.8, 4) is 17.0 Å². The van der Waals surface area contributed by atoms with E-state index >= 15 is 0 Å². The first-order valence-electron chi connectivity index (χ1n) is 7.55. The minimum atomic E-state index is 0.154. The van der Waals surface area contributed by atoms with E-state index in [0.29, 0.717) is 6.42 Å². The van der Waals surface area contributed by atoms with Gasteiger partial charge in [0.1, 0.15) is 5.75 Å². The van der Waals surface area contributed by atoms with Crippen molar-refractivity contribution in [3.63, 3.8) is 0 Å². The minimum Gasteiger partial charge on any atom is -0.497 e. The third-order valence-electron chi connectivity index (χ3n) is 3.95. The Labute approximate surface area is 137 Å². The Morgan fingerprint density at radius 3 is 3.00 bits per heavy atom. The zero-order valence-electron chi connectivity index (χ0n) is 12.7. The molecule has 3 aromatic rings. The van der Waals surface area contributed by atoms with Crippen molar-refractivity contribution < 1.29 is 9.53 Å². The second kappa shape index (κ2) is 5.66. The van der Waals surface area contributed by atoms with Crippen molar-refractivity contribution in [2.24, 2.45) is 0 Å². The summed E-state index contributed by atoms with van der Waals surface area (Å²) in [7, 11) is 1.65. The molecule has 7 heteroatoms. The minimum absolute atomic E-state index is 0.154. The highest BCUT2D eigenvalue weighted by molar-refractivity contribution is 7.20. The number of methoxy groups -OCH3 is 1. The Morgan fingerprint density at radius 1 is 1.30 bits per heavy atom. The van der Waals surface area contributed by atoms with Gasteiger partial charge in [0.15, 0.2) is 0 Å². The summed E-state index contributed by atoms with van der Waals surface area (Å²) in [5.41, 5.74) is 1.83. The SMILES string of the molecule is COc1cccc(-c2cn3nc(N4CCCCC4=O)sc3n2)c1. The number of carbonyl (C=O) groups is 1. The van der Waals surface area contributed by atoms with Crippen LogP contribution >= 0.6 is 11.3 Å². The maximum absolute atomic E-state index is 12.0. The average molecular weight is 328 g/mol. The van der Waals surface area contributed by atoms with Gasteiger partial charge < -0.3 is 4.74 Å². The van der Waals surface area contributed by atoms with Crippen molar-refractivity contribution in [2.45, 2.75) is 19.3 Å². The van der Waals surface area contributed by atoms with Crippen LogP contribution in [0.5, 0.6) is 5.75 Å². The van der Waals surface area contributed by atoms with Gasteiger partial charge in [0.25, 0.3) is 0 Å². The molecule has 0 radical (unpaired) electrons. The molecule has 2 aromatic heterocycles. The molecule has 0 bridgehead atoms. The van der Waals surface area contributed by atoms with E-state index in [1.165, 1.54) is 11.3 Å². The molecule has 1 saturated heterocycles. The Balaban J connectivity index is 1.67. The van der Waals surface area contributed by atoms with Crippen LogP contribution in [0, 0.1) is 0 Å². The maximum Gasteiger partial charge on any atom is 0.228 e. The predicted octanol–water partition coefficient (Wildman–Crippen LogP) is 2.98. The number of rotatable bonds is 3. The number of benzene rings is 1. The van der Waals surface area contributed by atoms with Gasteiger partial charge in [0.05, 0.1) is 19.0 Å². The first kappa shape index (κ1) is 14.2. The summed E-state index contributed by atoms with van der Waals surface area (Å²) in [6.07, 6.45) is 4.50. The molecular formula is C16H16N4O2S. The lowest BCUT2D eigenvalue weighted by Crippen LogP contribution is -2.35. The predicted molar refractivity (Wildman–Crippen MR) is 89.1 cm³/mol. The number of carbonyl (C=O) groups excluding carboxylic acids is 1. The van der Waals surface area contributed by atoms with Gasteiger partial charge in [-0.25, -0.2) is 9.50 Å². The molecule has 118 valence electrons. The van der Waals surface area contributed by atoms with Gasteiger partial charge >= 0.3 is 0 Å². The van der Waals surface area contributed by atoms with Crippen LogP contribution in [0.15, 0.2) is 30.5 Å². The molecule has 0 unspecified atom stereocenters. The second-order valence-corrected chi connectivity index (χ2v) is 6.41. The molecule has 1 fully saturated rings. The fourth-order valence-electron chi connectivity index (χ4n) is 2.73. The highest BCUT2D eigenvalue weighted by atomic mass is 32.1. The quantitative estimate of drug-likeness (QED) is 0.741. The van der Waals surface area contributed by atoms with Crippen LogP contribution in [0.1, 0.15) is 19.3 Å². The summed E-state index contributed by atoms with van der Waals surface area (Å²) in [6, 6.07) is 7.78. The Kier molecular flexibility index (Phi) is 3.49. The first-order valence-corrected chi connectivity index (χ1v) is 8.37. The number of hydrogen-bond donors (Lipinski definition) is 0. The molecule has 1 aliphatic heterocycles. The summed E-state index contributed by atoms with van der Waals surface area (Å²) in [5, 5.41) is 5.25. The molecule has 0 aliphatic carbocycles. The summed E-state index contributed by atoms with van der Waals surface area (Å²) in [5.74, 6) is 0.952. The normalized spacial score (nSPS) is 15.3. The van der Waals surface area contributed by atoms with E-state index in [1.807, 2.05) is 30.5 Å². The standard InChI is InChI=1S/C16H16N4O2S/c1-22-12-6-4-5-11(9-12)13-10-20-15(17-13)23-16(18-20)19-8-3-2-7-14(19)21/h4-6,9-10H,2-3,7-8H2,1H3. The van der Waals surface area contributed by atoms with Crippen molar-refractivity contribution >= 4 is 27.3 Å². The molecule has 3 heterocycles. The number of fused-ring (bicyclic) bond motifs is 1. The molecule has 6 nitrogen and oxygen atoms in total. The summed E-state index contributed by atoms with van der Waals surface area (Å²) < 4.78 is 7.00. The lowest BCUT2D eigenvalue weighted by atomic mass is 10.1. The van der Waals surface area contributed by atoms with Gasteiger partial charge in [-0.15, -0.1) is 5.10 Å². The molecule has 0 atom stereocenters. The summed E-state index contributed by atoms with van der Waals surface area (Å²) >= 11 is 1.45. The molecule has 1 aliphatic rings. The largest absolute Gasteiger partial charge is 0.497 e. The second-order valence-electron chi connectivity index (χ2n) is 5.47. The number of imidazole rings is 1. The molecule has 1 amide bonds. The van der Waals surface area contributed by atoms with Crippen LogP contribution in [0.25, 0.3) is 16.2 Å². The van der Waals surface area contributed by atoms with E-state index in [1.54, 1.807) is 16.5 Å². The van der Waals surface area contributed by atoms with Crippen molar-refractivity contribution in [1.29, 1.82) is 0 Å². The number of anilines is 1. The number of piperidine rings is 1. The van der Waals surface area contributed by atoms with Crippen LogP contribution < -0.4 is 9.64 Å². The maximum atomic E-state index is 12.0. The van der Waals surface area contributed by atoms with Crippen molar-refractivity contribution in [1.82, 2.24) is 14.6 Å². The molecule has 4 rings (SSSR count). The Hall–Kier alpha value is -2.41. The third kappa shape index (κ3) is 2.57. The van der Waals surface area contributed by atoms with Crippen LogP contribution in [-0.2, 0) is 4.79 Å². The third-order valence-corrected chi connectivity index (χ3v) is 4.90. The monoisotopic (exact) mass is 328 g/mol. The highest BCUT2D eigenvalue weighted by Crippen LogP contribution is 2.29. The average Bonchev–Trinajstić information content (AvgIpc) is 3.14. The van der Waals surface area contributed by atoms with Crippen molar-refractivity contribution in [2.75, 3.05) is 18.6 Å². The summed E-state index contributed by atoms with van der Waals surface area (Å²) in [4.78, 5) is 19.2. The molecule has 0 N–H and O–H groups in total. The smallest absolute Gasteiger partial charge is 0.228 e. The van der Waals surface area contributed by atoms with Crippen LogP contribution in [0.2, 0.25) is 0 Å². The number of ether oxygens (including phenoxy) is 1. The topological polar surface area (TPSA) is 59.7 Å². The van der Waals surface area contributed by atoms with Gasteiger partial charge in [-0.3, -0.25) is 9.69 Å². The van der Waals surface area contributed by atoms with Crippen LogP contribution in [0.4, 0.5) is 5.13 Å². The zero-order valence-corrected chi connectivity index (χ0v) is 13.5. The van der Waals surface area contributed by atoms with E-state index in [9.17, 15) is 4.79 Å². The Bertz CT molecular complexity index is 838. The van der Waals surface area contributed by atoms with Gasteiger partial charge in [0.2, 0.25) is 16.0 Å². The molecule has 0 spiro atoms. The lowest BCUT2D eigenvalue weighted by Gasteiger charge is -2.23. The Morgan fingerprint density at radius 2 is 2.22 bits per heavy atom. The van der Waals surface area contributed by atoms with Crippen LogP contribution in [-0.4, -0.2) is 34.2 Å². The molecule has 0 saturated carbocycles. The van der Waals surface area contributed by atoms with Crippen molar-refractivity contribution in [3.05, 3.63) is 30.5 Å². The number of aromatic nitrogens is 3. The van der Waals surface area contributed by atoms with E-state index in [0.717, 1.165) is 46.5 Å². The van der Waals surface area contributed by atoms with Gasteiger partial charge in [-0.05, 0) is 25.0 Å². The molecule has 1 aromatic carbocycles. The fraction of sp³-hybridized carbons (Fsp3) is 0.312. The highest BCUT2D eigenvalue weighted by Gasteiger charge is 2.23. The molecule has 23 heavy (non-hydrogen) atoms. The van der Waals surface area contributed by atoms with Gasteiger partial charge in [-0.2, -0.15) is 0 Å². The van der Waals surface area contributed by atoms with E-state index in [-0.39, 0.29) is 5.91 Å². The van der Waals surface area contributed by atoms with E-state index in [4.69, 9.17) is 4.74 Å². The first-order chi connectivity index (χ1) is 11.2. The fourth-order valence-corrected chi connectivity index (χ4v) is 3.65. The lowest BCUT2D eigenvalue weighted by molar-refractivity contribution is -0.119. The number of amides is 1.